The van der Waals surface area contributed by atoms with Gasteiger partial charge in [0.2, 0.25) is 0 Å². The van der Waals surface area contributed by atoms with Gasteiger partial charge in [0.05, 0.1) is 9.95 Å². The SMILES string of the molecule is NCCNC1CCc2c(Cl)cc([N+](=O)[O-])c(Cl)c21. The molecule has 3 N–H and O–H groups in total. The first kappa shape index (κ1) is 13.5. The average Bonchev–Trinajstić information content (AvgIpc) is 2.75. The maximum atomic E-state index is 10.9. The molecule has 0 aromatic heterocycles. The van der Waals surface area contributed by atoms with Gasteiger partial charge in [-0.25, -0.2) is 0 Å². The van der Waals surface area contributed by atoms with Crippen LogP contribution in [-0.2, 0) is 6.42 Å². The van der Waals surface area contributed by atoms with Gasteiger partial charge in [-0.1, -0.05) is 23.2 Å². The Morgan fingerprint density at radius 1 is 1.56 bits per heavy atom. The van der Waals surface area contributed by atoms with E-state index in [9.17, 15) is 10.1 Å². The van der Waals surface area contributed by atoms with Gasteiger partial charge in [0, 0.05) is 25.2 Å². The Morgan fingerprint density at radius 3 is 2.89 bits per heavy atom. The number of hydrogen-bond donors (Lipinski definition) is 2. The van der Waals surface area contributed by atoms with Crippen molar-refractivity contribution < 1.29 is 4.92 Å². The van der Waals surface area contributed by atoms with Crippen molar-refractivity contribution in [3.05, 3.63) is 37.4 Å². The summed E-state index contributed by atoms with van der Waals surface area (Å²) < 4.78 is 0. The van der Waals surface area contributed by atoms with Crippen LogP contribution in [0.1, 0.15) is 23.6 Å². The van der Waals surface area contributed by atoms with E-state index in [0.717, 1.165) is 24.0 Å². The molecule has 18 heavy (non-hydrogen) atoms. The average molecular weight is 290 g/mol. The monoisotopic (exact) mass is 289 g/mol. The van der Waals surface area contributed by atoms with Crippen LogP contribution in [0.25, 0.3) is 0 Å². The summed E-state index contributed by atoms with van der Waals surface area (Å²) in [5, 5.41) is 14.7. The van der Waals surface area contributed by atoms with E-state index >= 15 is 0 Å². The van der Waals surface area contributed by atoms with E-state index in [-0.39, 0.29) is 16.8 Å². The van der Waals surface area contributed by atoms with E-state index in [1.165, 1.54) is 6.07 Å². The van der Waals surface area contributed by atoms with E-state index in [2.05, 4.69) is 5.32 Å². The number of rotatable bonds is 4. The fourth-order valence-corrected chi connectivity index (χ4v) is 2.98. The number of halogens is 2. The first-order valence-electron chi connectivity index (χ1n) is 5.65. The summed E-state index contributed by atoms with van der Waals surface area (Å²) >= 11 is 12.2. The number of nitrogens with two attached hydrogens (primary N) is 1. The second-order valence-corrected chi connectivity index (χ2v) is 4.96. The van der Waals surface area contributed by atoms with Crippen molar-refractivity contribution in [1.29, 1.82) is 0 Å². The van der Waals surface area contributed by atoms with Crippen molar-refractivity contribution in [1.82, 2.24) is 5.32 Å². The van der Waals surface area contributed by atoms with Crippen molar-refractivity contribution in [2.24, 2.45) is 5.73 Å². The van der Waals surface area contributed by atoms with Crippen molar-refractivity contribution in [2.75, 3.05) is 13.1 Å². The maximum absolute atomic E-state index is 10.9. The molecule has 1 aliphatic carbocycles. The largest absolute Gasteiger partial charge is 0.329 e. The summed E-state index contributed by atoms with van der Waals surface area (Å²) in [6, 6.07) is 1.32. The molecule has 0 fully saturated rings. The van der Waals surface area contributed by atoms with Gasteiger partial charge >= 0.3 is 0 Å². The van der Waals surface area contributed by atoms with Crippen LogP contribution >= 0.6 is 23.2 Å². The zero-order chi connectivity index (χ0) is 13.3. The number of hydrogen-bond acceptors (Lipinski definition) is 4. The van der Waals surface area contributed by atoms with Crippen molar-refractivity contribution in [3.63, 3.8) is 0 Å². The molecule has 1 aliphatic rings. The second-order valence-electron chi connectivity index (χ2n) is 4.17. The van der Waals surface area contributed by atoms with E-state index < -0.39 is 4.92 Å². The zero-order valence-corrected chi connectivity index (χ0v) is 11.1. The molecule has 0 saturated carbocycles. The highest BCUT2D eigenvalue weighted by molar-refractivity contribution is 6.36. The lowest BCUT2D eigenvalue weighted by Crippen LogP contribution is -2.26. The number of benzene rings is 1. The van der Waals surface area contributed by atoms with Crippen molar-refractivity contribution in [3.8, 4) is 0 Å². The lowest BCUT2D eigenvalue weighted by atomic mass is 10.1. The summed E-state index contributed by atoms with van der Waals surface area (Å²) in [6.07, 6.45) is 1.60. The summed E-state index contributed by atoms with van der Waals surface area (Å²) in [4.78, 5) is 10.4. The third-order valence-corrected chi connectivity index (χ3v) is 3.84. The molecule has 5 nitrogen and oxygen atoms in total. The molecule has 1 aromatic carbocycles. The lowest BCUT2D eigenvalue weighted by molar-refractivity contribution is -0.384. The van der Waals surface area contributed by atoms with Crippen LogP contribution in [0, 0.1) is 10.1 Å². The highest BCUT2D eigenvalue weighted by Crippen LogP contribution is 2.44. The lowest BCUT2D eigenvalue weighted by Gasteiger charge is -2.15. The van der Waals surface area contributed by atoms with Gasteiger partial charge in [-0.15, -0.1) is 0 Å². The van der Waals surface area contributed by atoms with Gasteiger partial charge in [-0.2, -0.15) is 0 Å². The van der Waals surface area contributed by atoms with Gasteiger partial charge in [0.1, 0.15) is 5.02 Å². The molecule has 7 heteroatoms. The number of nitrogens with zero attached hydrogens (tertiary/aromatic N) is 1. The van der Waals surface area contributed by atoms with Crippen LogP contribution in [0.4, 0.5) is 5.69 Å². The Balaban J connectivity index is 2.46. The van der Waals surface area contributed by atoms with Gasteiger partial charge in [-0.05, 0) is 24.0 Å². The minimum atomic E-state index is -0.507. The van der Waals surface area contributed by atoms with Gasteiger partial charge in [0.25, 0.3) is 5.69 Å². The third-order valence-electron chi connectivity index (χ3n) is 3.10. The standard InChI is InChI=1S/C11H13Cl2N3O2/c12-7-5-9(16(17)18)11(13)10-6(7)1-2-8(10)15-4-3-14/h5,8,15H,1-4,14H2. The van der Waals surface area contributed by atoms with Crippen LogP contribution in [0.15, 0.2) is 6.07 Å². The topological polar surface area (TPSA) is 81.2 Å². The Hall–Kier alpha value is -0.880. The van der Waals surface area contributed by atoms with Crippen molar-refractivity contribution in [2.45, 2.75) is 18.9 Å². The fourth-order valence-electron chi connectivity index (χ4n) is 2.31. The summed E-state index contributed by atoms with van der Waals surface area (Å²) in [6.45, 7) is 1.15. The minimum Gasteiger partial charge on any atom is -0.329 e. The van der Waals surface area contributed by atoms with Crippen molar-refractivity contribution >= 4 is 28.9 Å². The molecular formula is C11H13Cl2N3O2. The normalized spacial score (nSPS) is 17.8. The molecule has 0 heterocycles. The molecule has 1 aromatic rings. The summed E-state index contributed by atoms with van der Waals surface area (Å²) in [5.41, 5.74) is 6.96. The number of nitro benzene ring substituents is 1. The molecule has 0 saturated heterocycles. The van der Waals surface area contributed by atoms with Crippen LogP contribution in [0.3, 0.4) is 0 Å². The number of nitrogens with one attached hydrogen (secondary N) is 1. The molecule has 98 valence electrons. The highest BCUT2D eigenvalue weighted by Gasteiger charge is 2.31. The van der Waals surface area contributed by atoms with Gasteiger partial charge in [0.15, 0.2) is 0 Å². The predicted molar refractivity (Wildman–Crippen MR) is 71.2 cm³/mol. The smallest absolute Gasteiger partial charge is 0.289 e. The Kier molecular flexibility index (Phi) is 4.07. The van der Waals surface area contributed by atoms with E-state index in [0.29, 0.717) is 18.1 Å². The Labute approximate surface area is 114 Å². The van der Waals surface area contributed by atoms with Crippen LogP contribution in [0.2, 0.25) is 10.0 Å². The molecule has 1 atom stereocenters. The molecule has 1 unspecified atom stereocenters. The van der Waals surface area contributed by atoms with E-state index in [1.807, 2.05) is 0 Å². The van der Waals surface area contributed by atoms with Crippen LogP contribution in [-0.4, -0.2) is 18.0 Å². The number of fused-ring (bicyclic) bond motifs is 1. The van der Waals surface area contributed by atoms with Gasteiger partial charge < -0.3 is 11.1 Å². The highest BCUT2D eigenvalue weighted by atomic mass is 35.5. The Bertz CT molecular complexity index is 494. The van der Waals surface area contributed by atoms with E-state index in [4.69, 9.17) is 28.9 Å². The summed E-state index contributed by atoms with van der Waals surface area (Å²) in [7, 11) is 0. The molecular weight excluding hydrogens is 277 g/mol. The molecule has 0 bridgehead atoms. The zero-order valence-electron chi connectivity index (χ0n) is 9.58. The number of nitro groups is 1. The molecule has 0 amide bonds. The third kappa shape index (κ3) is 2.31. The fraction of sp³-hybridized carbons (Fsp3) is 0.455. The predicted octanol–water partition coefficient (Wildman–Crippen LogP) is 2.44. The van der Waals surface area contributed by atoms with Gasteiger partial charge in [-0.3, -0.25) is 10.1 Å². The molecule has 0 spiro atoms. The second kappa shape index (κ2) is 5.40. The first-order chi connectivity index (χ1) is 8.56. The molecule has 0 radical (unpaired) electrons. The first-order valence-corrected chi connectivity index (χ1v) is 6.40. The summed E-state index contributed by atoms with van der Waals surface area (Å²) in [5.74, 6) is 0. The van der Waals surface area contributed by atoms with E-state index in [1.54, 1.807) is 0 Å². The maximum Gasteiger partial charge on any atom is 0.289 e. The Morgan fingerprint density at radius 2 is 2.28 bits per heavy atom. The minimum absolute atomic E-state index is 0.00606. The molecule has 2 rings (SSSR count). The van der Waals surface area contributed by atoms with Crippen LogP contribution in [0.5, 0.6) is 0 Å². The van der Waals surface area contributed by atoms with Crippen LogP contribution < -0.4 is 11.1 Å². The quantitative estimate of drug-likeness (QED) is 0.659. The molecule has 0 aliphatic heterocycles.